The molecular formula is C41H40N6O7. The maximum Gasteiger partial charge on any atom is 0.262 e. The first-order valence-corrected chi connectivity index (χ1v) is 18.1. The summed E-state index contributed by atoms with van der Waals surface area (Å²) >= 11 is 0. The van der Waals surface area contributed by atoms with Crippen LogP contribution >= 0.6 is 0 Å². The summed E-state index contributed by atoms with van der Waals surface area (Å²) in [7, 11) is 5.08. The van der Waals surface area contributed by atoms with E-state index in [1.165, 1.54) is 0 Å². The Morgan fingerprint density at radius 3 is 2.31 bits per heavy atom. The first-order chi connectivity index (χ1) is 26.1. The molecule has 1 atom stereocenters. The molecule has 2 aromatic carbocycles. The summed E-state index contributed by atoms with van der Waals surface area (Å²) in [6.07, 6.45) is 7.48. The number of aryl methyl sites for hydroxylation is 1. The summed E-state index contributed by atoms with van der Waals surface area (Å²) in [5, 5.41) is 3.60. The molecule has 4 aromatic rings. The van der Waals surface area contributed by atoms with Gasteiger partial charge in [-0.15, -0.1) is 0 Å². The Morgan fingerprint density at radius 1 is 0.889 bits per heavy atom. The van der Waals surface area contributed by atoms with Crippen LogP contribution in [-0.4, -0.2) is 101 Å². The fourth-order valence-electron chi connectivity index (χ4n) is 8.38. The van der Waals surface area contributed by atoms with Gasteiger partial charge in [-0.1, -0.05) is 11.8 Å². The number of imide groups is 2. The second-order valence-electron chi connectivity index (χ2n) is 14.7. The third-order valence-electron chi connectivity index (χ3n) is 11.3. The molecule has 276 valence electrons. The van der Waals surface area contributed by atoms with Crippen molar-refractivity contribution < 1.29 is 28.7 Å². The van der Waals surface area contributed by atoms with E-state index in [0.29, 0.717) is 24.0 Å². The molecule has 4 amide bonds. The minimum absolute atomic E-state index is 0.0773. The highest BCUT2D eigenvalue weighted by Gasteiger charge is 2.45. The number of aromatic nitrogens is 2. The second kappa shape index (κ2) is 13.9. The molecule has 8 rings (SSSR count). The van der Waals surface area contributed by atoms with Gasteiger partial charge in [0, 0.05) is 62.8 Å². The fraction of sp³-hybridized carbons (Fsp3) is 0.366. The number of rotatable bonds is 7. The van der Waals surface area contributed by atoms with E-state index in [1.807, 2.05) is 24.4 Å². The van der Waals surface area contributed by atoms with E-state index in [4.69, 9.17) is 9.47 Å². The van der Waals surface area contributed by atoms with Gasteiger partial charge >= 0.3 is 0 Å². The van der Waals surface area contributed by atoms with Gasteiger partial charge in [-0.05, 0) is 85.1 Å². The van der Waals surface area contributed by atoms with Crippen LogP contribution in [0.1, 0.15) is 57.5 Å². The van der Waals surface area contributed by atoms with Crippen molar-refractivity contribution in [3.05, 3.63) is 87.6 Å². The van der Waals surface area contributed by atoms with Crippen molar-refractivity contribution in [1.82, 2.24) is 29.6 Å². The Bertz CT molecular complexity index is 2330. The third-order valence-corrected chi connectivity index (χ3v) is 11.3. The molecule has 6 heterocycles. The molecule has 0 radical (unpaired) electrons. The zero-order chi connectivity index (χ0) is 37.7. The molecular weight excluding hydrogens is 688 g/mol. The van der Waals surface area contributed by atoms with Gasteiger partial charge < -0.3 is 14.0 Å². The van der Waals surface area contributed by atoms with Crippen molar-refractivity contribution in [1.29, 1.82) is 0 Å². The van der Waals surface area contributed by atoms with Crippen LogP contribution in [0.2, 0.25) is 0 Å². The standard InChI is InChI=1S/C41H40N6O7/c1-44-21-31(27-10-13-42-20-30(27)38(44)50)26-18-34(53-2)32(35(19-26)54-3)22-45-15-11-41(12-16-45)23-46(24-41)14-4-5-25-6-7-28-29(17-25)40(52)47(39(28)51)33-8-9-36(48)43-37(33)49/h6-7,10,13,17-21,33H,8-9,11-12,14-16,22-24H2,1-3H3,(H,43,48,49). The van der Waals surface area contributed by atoms with E-state index in [-0.39, 0.29) is 34.9 Å². The fourth-order valence-corrected chi connectivity index (χ4v) is 8.38. The van der Waals surface area contributed by atoms with E-state index in [1.54, 1.807) is 56.4 Å². The van der Waals surface area contributed by atoms with Gasteiger partial charge in [-0.2, -0.15) is 0 Å². The number of carbonyl (C=O) groups excluding carboxylic acids is 4. The van der Waals surface area contributed by atoms with E-state index in [2.05, 4.69) is 31.9 Å². The molecule has 3 saturated heterocycles. The molecule has 13 heteroatoms. The Labute approximate surface area is 311 Å². The Balaban J connectivity index is 0.878. The summed E-state index contributed by atoms with van der Waals surface area (Å²) < 4.78 is 13.4. The smallest absolute Gasteiger partial charge is 0.262 e. The normalized spacial score (nSPS) is 19.7. The van der Waals surface area contributed by atoms with Crippen molar-refractivity contribution >= 4 is 34.4 Å². The molecule has 4 aliphatic rings. The highest BCUT2D eigenvalue weighted by atomic mass is 16.5. The van der Waals surface area contributed by atoms with Crippen molar-refractivity contribution in [2.75, 3.05) is 46.9 Å². The van der Waals surface area contributed by atoms with E-state index >= 15 is 0 Å². The molecule has 0 aliphatic carbocycles. The van der Waals surface area contributed by atoms with Crippen LogP contribution in [-0.2, 0) is 23.2 Å². The van der Waals surface area contributed by atoms with E-state index in [9.17, 15) is 24.0 Å². The summed E-state index contributed by atoms with van der Waals surface area (Å²) in [5.41, 5.74) is 4.04. The van der Waals surface area contributed by atoms with Gasteiger partial charge in [0.2, 0.25) is 11.8 Å². The number of hydrogen-bond acceptors (Lipinski definition) is 10. The number of nitrogens with one attached hydrogen (secondary N) is 1. The number of nitrogens with zero attached hydrogens (tertiary/aromatic N) is 5. The number of carbonyl (C=O) groups is 4. The highest BCUT2D eigenvalue weighted by molar-refractivity contribution is 6.23. The number of piperidine rings is 2. The van der Waals surface area contributed by atoms with Crippen LogP contribution in [0.4, 0.5) is 0 Å². The molecule has 2 aromatic heterocycles. The van der Waals surface area contributed by atoms with Gasteiger partial charge in [-0.25, -0.2) is 0 Å². The minimum atomic E-state index is -0.994. The zero-order valence-corrected chi connectivity index (χ0v) is 30.4. The lowest BCUT2D eigenvalue weighted by molar-refractivity contribution is -0.136. The number of likely N-dealkylation sites (tertiary alicyclic amines) is 2. The second-order valence-corrected chi connectivity index (χ2v) is 14.7. The summed E-state index contributed by atoms with van der Waals surface area (Å²) in [6, 6.07) is 9.83. The van der Waals surface area contributed by atoms with E-state index < -0.39 is 29.7 Å². The number of benzene rings is 2. The summed E-state index contributed by atoms with van der Waals surface area (Å²) in [5.74, 6) is 5.76. The first kappa shape index (κ1) is 35.2. The number of amides is 4. The average Bonchev–Trinajstić information content (AvgIpc) is 3.41. The van der Waals surface area contributed by atoms with Gasteiger partial charge in [0.05, 0.1) is 42.8 Å². The van der Waals surface area contributed by atoms with Gasteiger partial charge in [0.15, 0.2) is 0 Å². The largest absolute Gasteiger partial charge is 0.496 e. The van der Waals surface area contributed by atoms with Crippen molar-refractivity contribution in [2.24, 2.45) is 12.5 Å². The maximum atomic E-state index is 13.2. The van der Waals surface area contributed by atoms with Crippen LogP contribution in [0.3, 0.4) is 0 Å². The zero-order valence-electron chi connectivity index (χ0n) is 30.4. The number of pyridine rings is 2. The van der Waals surface area contributed by atoms with Crippen LogP contribution in [0.15, 0.2) is 59.8 Å². The number of methoxy groups -OCH3 is 2. The van der Waals surface area contributed by atoms with Crippen LogP contribution in [0.5, 0.6) is 11.5 Å². The lowest BCUT2D eigenvalue weighted by atomic mass is 9.72. The molecule has 0 bridgehead atoms. The molecule has 1 N–H and O–H groups in total. The summed E-state index contributed by atoms with van der Waals surface area (Å²) in [6.45, 7) is 5.12. The maximum absolute atomic E-state index is 13.2. The van der Waals surface area contributed by atoms with Crippen molar-refractivity contribution in [3.63, 3.8) is 0 Å². The molecule has 0 saturated carbocycles. The Morgan fingerprint density at radius 2 is 1.61 bits per heavy atom. The van der Waals surface area contributed by atoms with Gasteiger partial charge in [0.25, 0.3) is 17.4 Å². The minimum Gasteiger partial charge on any atom is -0.496 e. The molecule has 3 fully saturated rings. The lowest BCUT2D eigenvalue weighted by Crippen LogP contribution is -2.60. The monoisotopic (exact) mass is 728 g/mol. The molecule has 1 spiro atoms. The first-order valence-electron chi connectivity index (χ1n) is 18.1. The summed E-state index contributed by atoms with van der Waals surface area (Å²) in [4.78, 5) is 72.8. The number of ether oxygens (including phenoxy) is 2. The quantitative estimate of drug-likeness (QED) is 0.223. The van der Waals surface area contributed by atoms with E-state index in [0.717, 1.165) is 77.5 Å². The molecule has 54 heavy (non-hydrogen) atoms. The molecule has 1 unspecified atom stereocenters. The van der Waals surface area contributed by atoms with Crippen molar-refractivity contribution in [2.45, 2.75) is 38.3 Å². The highest BCUT2D eigenvalue weighted by Crippen LogP contribution is 2.42. The van der Waals surface area contributed by atoms with Crippen molar-refractivity contribution in [3.8, 4) is 34.5 Å². The molecule has 4 aliphatic heterocycles. The van der Waals surface area contributed by atoms with Crippen LogP contribution in [0.25, 0.3) is 21.9 Å². The topological polar surface area (TPSA) is 143 Å². The van der Waals surface area contributed by atoms with Crippen LogP contribution in [0, 0.1) is 17.3 Å². The Kier molecular flexibility index (Phi) is 9.03. The predicted molar refractivity (Wildman–Crippen MR) is 199 cm³/mol. The van der Waals surface area contributed by atoms with Crippen LogP contribution < -0.4 is 20.3 Å². The van der Waals surface area contributed by atoms with Gasteiger partial charge in [0.1, 0.15) is 17.5 Å². The average molecular weight is 729 g/mol. The third kappa shape index (κ3) is 6.21. The SMILES string of the molecule is COc1cc(-c2cn(C)c(=O)c3cnccc23)cc(OC)c1CN1CCC2(CC1)CN(CC#Cc1ccc3c(c1)C(=O)N(C1CCC(=O)NC1=O)C3=O)C2. The van der Waals surface area contributed by atoms with Gasteiger partial charge in [-0.3, -0.25) is 49.0 Å². The lowest BCUT2D eigenvalue weighted by Gasteiger charge is -2.53. The Hall–Kier alpha value is -5.84. The number of fused-ring (bicyclic) bond motifs is 2. The number of hydrogen-bond donors (Lipinski definition) is 1. The predicted octanol–water partition coefficient (Wildman–Crippen LogP) is 2.97. The molecule has 13 nitrogen and oxygen atoms in total.